The molecule has 130 valence electrons. The van der Waals surface area contributed by atoms with E-state index in [1.807, 2.05) is 6.07 Å². The highest BCUT2D eigenvalue weighted by Gasteiger charge is 2.21. The molecule has 24 heavy (non-hydrogen) atoms. The van der Waals surface area contributed by atoms with Crippen molar-refractivity contribution in [1.29, 1.82) is 0 Å². The molecule has 1 aliphatic heterocycles. The summed E-state index contributed by atoms with van der Waals surface area (Å²) >= 11 is 5.80. The van der Waals surface area contributed by atoms with Crippen LogP contribution in [0.15, 0.2) is 47.4 Å². The zero-order valence-corrected chi connectivity index (χ0v) is 15.1. The van der Waals surface area contributed by atoms with Gasteiger partial charge in [0.05, 0.1) is 11.5 Å². The number of anilines is 1. The average molecular weight is 389 g/mol. The Kier molecular flexibility index (Phi) is 6.11. The Hall–Kier alpha value is -1.31. The second kappa shape index (κ2) is 7.72. The van der Waals surface area contributed by atoms with E-state index in [1.165, 1.54) is 0 Å². The zero-order chi connectivity index (χ0) is 16.4. The van der Waals surface area contributed by atoms with Crippen molar-refractivity contribution >= 4 is 39.7 Å². The second-order valence-corrected chi connectivity index (χ2v) is 7.63. The van der Waals surface area contributed by atoms with Crippen LogP contribution in [0.4, 0.5) is 5.69 Å². The van der Waals surface area contributed by atoms with Crippen LogP contribution in [0.1, 0.15) is 11.1 Å². The summed E-state index contributed by atoms with van der Waals surface area (Å²) in [7, 11) is -3.65. The lowest BCUT2D eigenvalue weighted by molar-refractivity contribution is 0.236. The highest BCUT2D eigenvalue weighted by atomic mass is 35.5. The SMILES string of the molecule is Cl.O=S(=O)(Nc1ccc(Cl)cc1)c1ccc2c(c1)CNC(CO)C2. The first-order chi connectivity index (χ1) is 11.0. The van der Waals surface area contributed by atoms with Gasteiger partial charge >= 0.3 is 0 Å². The van der Waals surface area contributed by atoms with Crippen LogP contribution < -0.4 is 10.0 Å². The molecule has 1 unspecified atom stereocenters. The fraction of sp³-hybridized carbons (Fsp3) is 0.250. The van der Waals surface area contributed by atoms with Gasteiger partial charge in [0.15, 0.2) is 0 Å². The molecule has 3 rings (SSSR count). The number of fused-ring (bicyclic) bond motifs is 1. The van der Waals surface area contributed by atoms with Crippen LogP contribution in [0.2, 0.25) is 5.02 Å². The van der Waals surface area contributed by atoms with E-state index in [2.05, 4.69) is 10.0 Å². The van der Waals surface area contributed by atoms with Crippen molar-refractivity contribution in [2.24, 2.45) is 0 Å². The van der Waals surface area contributed by atoms with Crippen molar-refractivity contribution in [2.45, 2.75) is 23.9 Å². The van der Waals surface area contributed by atoms with Crippen molar-refractivity contribution in [3.63, 3.8) is 0 Å². The van der Waals surface area contributed by atoms with Gasteiger partial charge in [-0.2, -0.15) is 0 Å². The van der Waals surface area contributed by atoms with Crippen LogP contribution in [0.25, 0.3) is 0 Å². The summed E-state index contributed by atoms with van der Waals surface area (Å²) in [5.74, 6) is 0. The molecule has 1 aliphatic rings. The first-order valence-corrected chi connectivity index (χ1v) is 9.08. The Morgan fingerprint density at radius 2 is 1.88 bits per heavy atom. The molecule has 1 heterocycles. The summed E-state index contributed by atoms with van der Waals surface area (Å²) < 4.78 is 27.5. The minimum Gasteiger partial charge on any atom is -0.395 e. The Labute approximate surface area is 152 Å². The third-order valence-electron chi connectivity index (χ3n) is 3.85. The van der Waals surface area contributed by atoms with E-state index >= 15 is 0 Å². The third kappa shape index (κ3) is 4.20. The van der Waals surface area contributed by atoms with Crippen LogP contribution in [0.3, 0.4) is 0 Å². The van der Waals surface area contributed by atoms with Gasteiger partial charge < -0.3 is 10.4 Å². The molecule has 5 nitrogen and oxygen atoms in total. The summed E-state index contributed by atoms with van der Waals surface area (Å²) in [6.07, 6.45) is 0.691. The van der Waals surface area contributed by atoms with Gasteiger partial charge in [-0.25, -0.2) is 8.42 Å². The predicted octanol–water partition coefficient (Wildman–Crippen LogP) is 2.57. The lowest BCUT2D eigenvalue weighted by atomic mass is 9.96. The van der Waals surface area contributed by atoms with Gasteiger partial charge in [0.1, 0.15) is 0 Å². The number of hydrogen-bond donors (Lipinski definition) is 3. The van der Waals surface area contributed by atoms with Crippen LogP contribution in [0, 0.1) is 0 Å². The highest BCUT2D eigenvalue weighted by molar-refractivity contribution is 7.92. The van der Waals surface area contributed by atoms with Gasteiger partial charge in [-0.3, -0.25) is 4.72 Å². The smallest absolute Gasteiger partial charge is 0.261 e. The average Bonchev–Trinajstić information content (AvgIpc) is 2.55. The Morgan fingerprint density at radius 1 is 1.17 bits per heavy atom. The summed E-state index contributed by atoms with van der Waals surface area (Å²) in [6.45, 7) is 0.614. The normalized spacial score (nSPS) is 16.8. The quantitative estimate of drug-likeness (QED) is 0.751. The standard InChI is InChI=1S/C16H17ClN2O3S.ClH/c17-13-2-4-14(5-3-13)19-23(21,22)16-6-1-11-7-15(10-20)18-9-12(11)8-16;/h1-6,8,15,18-20H,7,9-10H2;1H. The van der Waals surface area contributed by atoms with E-state index in [0.29, 0.717) is 23.7 Å². The topological polar surface area (TPSA) is 78.4 Å². The maximum absolute atomic E-state index is 12.5. The molecule has 0 fully saturated rings. The Morgan fingerprint density at radius 3 is 2.54 bits per heavy atom. The number of aliphatic hydroxyl groups is 1. The monoisotopic (exact) mass is 388 g/mol. The van der Waals surface area contributed by atoms with Gasteiger partial charge in [-0.1, -0.05) is 17.7 Å². The van der Waals surface area contributed by atoms with Gasteiger partial charge in [-0.15, -0.1) is 12.4 Å². The molecular formula is C16H18Cl2N2O3S. The molecule has 0 amide bonds. The summed E-state index contributed by atoms with van der Waals surface area (Å²) in [5, 5.41) is 12.9. The molecule has 3 N–H and O–H groups in total. The number of nitrogens with one attached hydrogen (secondary N) is 2. The first kappa shape index (κ1) is 19.0. The fourth-order valence-corrected chi connectivity index (χ4v) is 3.82. The molecule has 0 radical (unpaired) electrons. The van der Waals surface area contributed by atoms with Crippen molar-refractivity contribution in [3.05, 3.63) is 58.6 Å². The number of hydrogen-bond acceptors (Lipinski definition) is 4. The van der Waals surface area contributed by atoms with Crippen molar-refractivity contribution in [1.82, 2.24) is 5.32 Å². The van der Waals surface area contributed by atoms with Crippen LogP contribution in [-0.2, 0) is 23.0 Å². The van der Waals surface area contributed by atoms with Crippen molar-refractivity contribution in [3.8, 4) is 0 Å². The van der Waals surface area contributed by atoms with Crippen molar-refractivity contribution in [2.75, 3.05) is 11.3 Å². The van der Waals surface area contributed by atoms with E-state index in [4.69, 9.17) is 11.6 Å². The molecule has 2 aromatic carbocycles. The zero-order valence-electron chi connectivity index (χ0n) is 12.7. The van der Waals surface area contributed by atoms with E-state index in [0.717, 1.165) is 11.1 Å². The number of sulfonamides is 1. The fourth-order valence-electron chi connectivity index (χ4n) is 2.59. The van der Waals surface area contributed by atoms with Gasteiger partial charge in [0.25, 0.3) is 10.0 Å². The van der Waals surface area contributed by atoms with Gasteiger partial charge in [-0.05, 0) is 53.9 Å². The summed E-state index contributed by atoms with van der Waals surface area (Å²) in [6, 6.07) is 11.6. The second-order valence-electron chi connectivity index (χ2n) is 5.51. The summed E-state index contributed by atoms with van der Waals surface area (Å²) in [4.78, 5) is 0.218. The number of halogens is 2. The van der Waals surface area contributed by atoms with Crippen LogP contribution in [0.5, 0.6) is 0 Å². The minimum absolute atomic E-state index is 0. The molecular weight excluding hydrogens is 371 g/mol. The predicted molar refractivity (Wildman–Crippen MR) is 97.4 cm³/mol. The molecule has 0 bridgehead atoms. The minimum atomic E-state index is -3.65. The lowest BCUT2D eigenvalue weighted by Crippen LogP contribution is -2.38. The molecule has 8 heteroatoms. The molecule has 1 atom stereocenters. The summed E-state index contributed by atoms with van der Waals surface area (Å²) in [5.41, 5.74) is 2.47. The molecule has 2 aromatic rings. The number of rotatable bonds is 4. The molecule has 0 aliphatic carbocycles. The maximum Gasteiger partial charge on any atom is 0.261 e. The maximum atomic E-state index is 12.5. The largest absolute Gasteiger partial charge is 0.395 e. The molecule has 0 saturated carbocycles. The Bertz CT molecular complexity index is 811. The number of aliphatic hydroxyl groups excluding tert-OH is 1. The first-order valence-electron chi connectivity index (χ1n) is 7.22. The van der Waals surface area contributed by atoms with Gasteiger partial charge in [0.2, 0.25) is 0 Å². The highest BCUT2D eigenvalue weighted by Crippen LogP contribution is 2.23. The van der Waals surface area contributed by atoms with E-state index in [-0.39, 0.29) is 30.0 Å². The van der Waals surface area contributed by atoms with Crippen LogP contribution in [-0.4, -0.2) is 26.2 Å². The van der Waals surface area contributed by atoms with Crippen LogP contribution >= 0.6 is 24.0 Å². The lowest BCUT2D eigenvalue weighted by Gasteiger charge is -2.25. The van der Waals surface area contributed by atoms with E-state index in [9.17, 15) is 13.5 Å². The van der Waals surface area contributed by atoms with E-state index < -0.39 is 10.0 Å². The molecule has 0 aromatic heterocycles. The Balaban J connectivity index is 0.00000208. The number of benzene rings is 2. The van der Waals surface area contributed by atoms with Gasteiger partial charge in [0, 0.05) is 23.3 Å². The molecule has 0 saturated heterocycles. The molecule has 0 spiro atoms. The van der Waals surface area contributed by atoms with Crippen molar-refractivity contribution < 1.29 is 13.5 Å². The van der Waals surface area contributed by atoms with E-state index in [1.54, 1.807) is 36.4 Å². The third-order valence-corrected chi connectivity index (χ3v) is 5.48.